The van der Waals surface area contributed by atoms with Crippen molar-refractivity contribution in [1.29, 1.82) is 0 Å². The minimum Gasteiger partial charge on any atom is -0.480 e. The minimum atomic E-state index is -0.838. The van der Waals surface area contributed by atoms with Gasteiger partial charge in [-0.15, -0.1) is 0 Å². The van der Waals surface area contributed by atoms with Crippen molar-refractivity contribution in [1.82, 2.24) is 4.90 Å². The molecule has 2 fully saturated rings. The second-order valence-corrected chi connectivity index (χ2v) is 5.38. The van der Waals surface area contributed by atoms with Crippen LogP contribution in [0.2, 0.25) is 0 Å². The molecule has 1 atom stereocenters. The number of carbonyl (C=O) groups excluding carboxylic acids is 1. The molecule has 2 aliphatic carbocycles. The van der Waals surface area contributed by atoms with Crippen molar-refractivity contribution in [3.05, 3.63) is 0 Å². The van der Waals surface area contributed by atoms with E-state index in [1.165, 1.54) is 24.2 Å². The lowest BCUT2D eigenvalue weighted by molar-refractivity contribution is -0.147. The van der Waals surface area contributed by atoms with Crippen molar-refractivity contribution in [2.75, 3.05) is 0 Å². The second-order valence-electron chi connectivity index (χ2n) is 5.38. The Morgan fingerprint density at radius 3 is 2.35 bits per heavy atom. The van der Waals surface area contributed by atoms with E-state index in [0.717, 1.165) is 32.1 Å². The molecule has 0 aromatic rings. The molecule has 1 N–H and O–H groups in total. The minimum absolute atomic E-state index is 0.192. The Balaban J connectivity index is 1.95. The Kier molecular flexibility index (Phi) is 4.02. The zero-order chi connectivity index (χ0) is 12.3. The lowest BCUT2D eigenvalue weighted by atomic mass is 9.84. The Morgan fingerprint density at radius 2 is 1.88 bits per heavy atom. The molecule has 1 unspecified atom stereocenters. The summed E-state index contributed by atoms with van der Waals surface area (Å²) < 4.78 is 0. The summed E-state index contributed by atoms with van der Waals surface area (Å²) in [7, 11) is 0. The zero-order valence-electron chi connectivity index (χ0n) is 10.2. The Bertz CT molecular complexity index is 282. The van der Waals surface area contributed by atoms with Crippen molar-refractivity contribution < 1.29 is 14.7 Å². The van der Waals surface area contributed by atoms with Crippen LogP contribution in [0.5, 0.6) is 0 Å². The van der Waals surface area contributed by atoms with Crippen LogP contribution in [0.3, 0.4) is 0 Å². The topological polar surface area (TPSA) is 57.6 Å². The molecule has 1 amide bonds. The normalized spacial score (nSPS) is 23.1. The molecule has 0 spiro atoms. The maximum Gasteiger partial charge on any atom is 0.326 e. The predicted octanol–water partition coefficient (Wildman–Crippen LogP) is 2.03. The monoisotopic (exact) mass is 239 g/mol. The van der Waals surface area contributed by atoms with Gasteiger partial charge in [0.25, 0.3) is 0 Å². The molecule has 2 rings (SSSR count). The van der Waals surface area contributed by atoms with Crippen LogP contribution in [-0.2, 0) is 9.59 Å². The van der Waals surface area contributed by atoms with Crippen molar-refractivity contribution in [2.24, 2.45) is 5.92 Å². The van der Waals surface area contributed by atoms with Crippen LogP contribution in [0.1, 0.15) is 51.4 Å². The number of nitrogens with zero attached hydrogens (tertiary/aromatic N) is 1. The summed E-state index contributed by atoms with van der Waals surface area (Å²) in [6.07, 6.45) is 9.25. The van der Waals surface area contributed by atoms with Gasteiger partial charge in [0, 0.05) is 6.04 Å². The Labute approximate surface area is 102 Å². The van der Waals surface area contributed by atoms with Gasteiger partial charge in [-0.3, -0.25) is 4.79 Å². The number of amides is 1. The van der Waals surface area contributed by atoms with E-state index in [1.54, 1.807) is 0 Å². The van der Waals surface area contributed by atoms with Crippen LogP contribution in [0.4, 0.5) is 0 Å². The summed E-state index contributed by atoms with van der Waals surface area (Å²) in [6, 6.07) is -0.403. The molecule has 4 heteroatoms. The van der Waals surface area contributed by atoms with E-state index < -0.39 is 12.0 Å². The maximum atomic E-state index is 11.3. The molecule has 2 saturated carbocycles. The van der Waals surface area contributed by atoms with Crippen molar-refractivity contribution >= 4 is 12.4 Å². The van der Waals surface area contributed by atoms with Gasteiger partial charge in [-0.05, 0) is 25.2 Å². The average Bonchev–Trinajstić information content (AvgIpc) is 3.14. The van der Waals surface area contributed by atoms with E-state index in [2.05, 4.69) is 0 Å². The van der Waals surface area contributed by atoms with E-state index >= 15 is 0 Å². The molecule has 0 bridgehead atoms. The number of carbonyl (C=O) groups is 2. The van der Waals surface area contributed by atoms with E-state index in [4.69, 9.17) is 0 Å². The third-order valence-electron chi connectivity index (χ3n) is 4.02. The lowest BCUT2D eigenvalue weighted by Gasteiger charge is -2.30. The van der Waals surface area contributed by atoms with Crippen molar-refractivity contribution in [3.63, 3.8) is 0 Å². The standard InChI is InChI=1S/C13H21NO3/c15-9-14(11-6-7-11)12(13(16)17)8-10-4-2-1-3-5-10/h9-12H,1-8H2,(H,16,17). The number of hydrogen-bond donors (Lipinski definition) is 1. The Hall–Kier alpha value is -1.06. The SMILES string of the molecule is O=CN(C1CC1)C(CC1CCCCC1)C(=O)O. The van der Waals surface area contributed by atoms with E-state index in [1.807, 2.05) is 0 Å². The highest BCUT2D eigenvalue weighted by Crippen LogP contribution is 2.32. The molecule has 0 saturated heterocycles. The van der Waals surface area contributed by atoms with Crippen LogP contribution in [-0.4, -0.2) is 34.5 Å². The molecule has 0 heterocycles. The van der Waals surface area contributed by atoms with Crippen LogP contribution in [0, 0.1) is 5.92 Å². The van der Waals surface area contributed by atoms with Gasteiger partial charge in [0.2, 0.25) is 6.41 Å². The van der Waals surface area contributed by atoms with Gasteiger partial charge < -0.3 is 10.0 Å². The van der Waals surface area contributed by atoms with Crippen molar-refractivity contribution in [2.45, 2.75) is 63.5 Å². The summed E-state index contributed by atoms with van der Waals surface area (Å²) in [5.74, 6) is -0.347. The molecule has 17 heavy (non-hydrogen) atoms. The van der Waals surface area contributed by atoms with Gasteiger partial charge in [0.15, 0.2) is 0 Å². The lowest BCUT2D eigenvalue weighted by Crippen LogP contribution is -2.43. The average molecular weight is 239 g/mol. The molecule has 4 nitrogen and oxygen atoms in total. The van der Waals surface area contributed by atoms with E-state index in [-0.39, 0.29) is 6.04 Å². The molecule has 0 aromatic heterocycles. The first-order chi connectivity index (χ1) is 8.22. The summed E-state index contributed by atoms with van der Waals surface area (Å²) in [6.45, 7) is 0. The molecule has 0 aromatic carbocycles. The van der Waals surface area contributed by atoms with Crippen molar-refractivity contribution in [3.8, 4) is 0 Å². The predicted molar refractivity (Wildman–Crippen MR) is 63.5 cm³/mol. The van der Waals surface area contributed by atoms with E-state index in [0.29, 0.717) is 12.3 Å². The summed E-state index contributed by atoms with van der Waals surface area (Å²) in [5, 5.41) is 9.28. The van der Waals surface area contributed by atoms with Crippen LogP contribution in [0.15, 0.2) is 0 Å². The van der Waals surface area contributed by atoms with Gasteiger partial charge in [0.1, 0.15) is 6.04 Å². The first kappa shape index (κ1) is 12.4. The number of carboxylic acid groups (broad SMARTS) is 1. The zero-order valence-corrected chi connectivity index (χ0v) is 10.2. The highest BCUT2D eigenvalue weighted by Gasteiger charge is 2.37. The molecule has 96 valence electrons. The number of rotatable bonds is 6. The Morgan fingerprint density at radius 1 is 1.24 bits per heavy atom. The van der Waals surface area contributed by atoms with Crippen LogP contribution in [0.25, 0.3) is 0 Å². The van der Waals surface area contributed by atoms with Gasteiger partial charge in [0.05, 0.1) is 0 Å². The summed E-state index contributed by atoms with van der Waals surface area (Å²) in [4.78, 5) is 23.9. The highest BCUT2D eigenvalue weighted by atomic mass is 16.4. The van der Waals surface area contributed by atoms with Gasteiger partial charge in [-0.25, -0.2) is 4.79 Å². The summed E-state index contributed by atoms with van der Waals surface area (Å²) >= 11 is 0. The number of aliphatic carboxylic acids is 1. The molecular formula is C13H21NO3. The third kappa shape index (κ3) is 3.20. The molecule has 0 aliphatic heterocycles. The summed E-state index contributed by atoms with van der Waals surface area (Å²) in [5.41, 5.74) is 0. The van der Waals surface area contributed by atoms with Crippen LogP contribution >= 0.6 is 0 Å². The molecular weight excluding hydrogens is 218 g/mol. The van der Waals surface area contributed by atoms with E-state index in [9.17, 15) is 14.7 Å². The van der Waals surface area contributed by atoms with Crippen LogP contribution < -0.4 is 0 Å². The maximum absolute atomic E-state index is 11.3. The highest BCUT2D eigenvalue weighted by molar-refractivity contribution is 5.76. The first-order valence-corrected chi connectivity index (χ1v) is 6.68. The smallest absolute Gasteiger partial charge is 0.326 e. The quantitative estimate of drug-likeness (QED) is 0.721. The number of carboxylic acids is 1. The van der Waals surface area contributed by atoms with Gasteiger partial charge in [-0.1, -0.05) is 32.1 Å². The first-order valence-electron chi connectivity index (χ1n) is 6.68. The van der Waals surface area contributed by atoms with Gasteiger partial charge >= 0.3 is 5.97 Å². The second kappa shape index (κ2) is 5.52. The molecule has 2 aliphatic rings. The fourth-order valence-electron chi connectivity index (χ4n) is 2.88. The van der Waals surface area contributed by atoms with Gasteiger partial charge in [-0.2, -0.15) is 0 Å². The fraction of sp³-hybridized carbons (Fsp3) is 0.846. The number of hydrogen-bond acceptors (Lipinski definition) is 2. The largest absolute Gasteiger partial charge is 0.480 e. The molecule has 0 radical (unpaired) electrons. The third-order valence-corrected chi connectivity index (χ3v) is 4.02. The fourth-order valence-corrected chi connectivity index (χ4v) is 2.88.